The van der Waals surface area contributed by atoms with Crippen molar-refractivity contribution in [2.75, 3.05) is 25.1 Å². The predicted molar refractivity (Wildman–Crippen MR) is 170 cm³/mol. The van der Waals surface area contributed by atoms with Crippen LogP contribution in [-0.2, 0) is 26.2 Å². The number of nitrogens with zero attached hydrogens (tertiary/aromatic N) is 2. The summed E-state index contributed by atoms with van der Waals surface area (Å²) in [4.78, 5) is 28.9. The van der Waals surface area contributed by atoms with E-state index in [0.29, 0.717) is 34.2 Å². The Labute approximate surface area is 263 Å². The maximum atomic E-state index is 14.2. The third-order valence-electron chi connectivity index (χ3n) is 7.02. The van der Waals surface area contributed by atoms with Crippen LogP contribution in [0.3, 0.4) is 0 Å². The summed E-state index contributed by atoms with van der Waals surface area (Å²) in [5.74, 6) is -0.373. The maximum Gasteiger partial charge on any atom is 0.264 e. The second-order valence-electron chi connectivity index (χ2n) is 9.86. The van der Waals surface area contributed by atoms with E-state index in [9.17, 15) is 18.0 Å². The van der Waals surface area contributed by atoms with Gasteiger partial charge in [0.15, 0.2) is 11.5 Å². The van der Waals surface area contributed by atoms with Crippen molar-refractivity contribution in [2.24, 2.45) is 0 Å². The largest absolute Gasteiger partial charge is 0.493 e. The number of carbonyl (C=O) groups is 2. The van der Waals surface area contributed by atoms with Gasteiger partial charge in [-0.15, -0.1) is 0 Å². The molecule has 0 bridgehead atoms. The van der Waals surface area contributed by atoms with Crippen LogP contribution in [0.25, 0.3) is 0 Å². The number of anilines is 1. The van der Waals surface area contributed by atoms with Crippen LogP contribution in [0, 0.1) is 0 Å². The first kappa shape index (κ1) is 34.0. The number of benzene rings is 3. The van der Waals surface area contributed by atoms with Crippen molar-refractivity contribution >= 4 is 50.7 Å². The summed E-state index contributed by atoms with van der Waals surface area (Å²) < 4.78 is 39.9. The molecule has 3 rings (SSSR count). The average molecular weight is 651 g/mol. The summed E-state index contributed by atoms with van der Waals surface area (Å²) in [5.41, 5.74) is 0.829. The molecule has 3 aromatic rings. The molecule has 0 aromatic heterocycles. The second kappa shape index (κ2) is 15.3. The van der Waals surface area contributed by atoms with Crippen molar-refractivity contribution < 1.29 is 27.5 Å². The van der Waals surface area contributed by atoms with Crippen LogP contribution in [0.4, 0.5) is 5.69 Å². The highest BCUT2D eigenvalue weighted by Gasteiger charge is 2.34. The lowest BCUT2D eigenvalue weighted by Crippen LogP contribution is -2.53. The molecule has 0 aliphatic carbocycles. The first-order valence-corrected chi connectivity index (χ1v) is 16.0. The highest BCUT2D eigenvalue weighted by Crippen LogP contribution is 2.33. The van der Waals surface area contributed by atoms with Gasteiger partial charge in [-0.1, -0.05) is 55.2 Å². The molecule has 0 saturated carbocycles. The topological polar surface area (TPSA) is 105 Å². The summed E-state index contributed by atoms with van der Waals surface area (Å²) in [7, 11) is -1.49. The number of halogens is 2. The van der Waals surface area contributed by atoms with Crippen LogP contribution in [0.15, 0.2) is 71.6 Å². The van der Waals surface area contributed by atoms with E-state index in [0.717, 1.165) is 4.31 Å². The van der Waals surface area contributed by atoms with Crippen LogP contribution in [0.1, 0.15) is 39.2 Å². The Morgan fingerprint density at radius 2 is 1.56 bits per heavy atom. The van der Waals surface area contributed by atoms with E-state index in [1.165, 1.54) is 61.6 Å². The lowest BCUT2D eigenvalue weighted by atomic mass is 10.1. The molecule has 12 heteroatoms. The summed E-state index contributed by atoms with van der Waals surface area (Å²) in [6.45, 7) is 5.02. The van der Waals surface area contributed by atoms with Crippen molar-refractivity contribution in [2.45, 2.75) is 57.1 Å². The fourth-order valence-electron chi connectivity index (χ4n) is 4.41. The SMILES string of the molecule is CC[C@@H](C)NC(=O)[C@@H](CC)N(Cc1ccccc1Cl)C(=O)CN(c1ccc(Cl)cc1)S(=O)(=O)c1ccc(OC)c(OC)c1. The van der Waals surface area contributed by atoms with E-state index in [4.69, 9.17) is 32.7 Å². The van der Waals surface area contributed by atoms with E-state index in [1.807, 2.05) is 13.8 Å². The third kappa shape index (κ3) is 8.34. The monoisotopic (exact) mass is 649 g/mol. The van der Waals surface area contributed by atoms with Crippen molar-refractivity contribution in [1.82, 2.24) is 10.2 Å². The van der Waals surface area contributed by atoms with Crippen molar-refractivity contribution in [3.8, 4) is 11.5 Å². The Kier molecular flexibility index (Phi) is 12.1. The summed E-state index contributed by atoms with van der Waals surface area (Å²) >= 11 is 12.6. The highest BCUT2D eigenvalue weighted by molar-refractivity contribution is 7.92. The predicted octanol–water partition coefficient (Wildman–Crippen LogP) is 5.93. The van der Waals surface area contributed by atoms with Gasteiger partial charge in [0.25, 0.3) is 10.0 Å². The molecule has 0 fully saturated rings. The first-order valence-electron chi connectivity index (χ1n) is 13.8. The van der Waals surface area contributed by atoms with Gasteiger partial charge in [-0.2, -0.15) is 0 Å². The molecule has 0 aliphatic rings. The molecule has 3 aromatic carbocycles. The summed E-state index contributed by atoms with van der Waals surface area (Å²) in [5, 5.41) is 3.77. The van der Waals surface area contributed by atoms with Crippen LogP contribution in [0.5, 0.6) is 11.5 Å². The van der Waals surface area contributed by atoms with Crippen LogP contribution >= 0.6 is 23.2 Å². The molecule has 0 saturated heterocycles. The minimum atomic E-state index is -4.33. The fraction of sp³-hybridized carbons (Fsp3) is 0.355. The molecule has 9 nitrogen and oxygen atoms in total. The number of carbonyl (C=O) groups excluding carboxylic acids is 2. The Morgan fingerprint density at radius 1 is 0.907 bits per heavy atom. The van der Waals surface area contributed by atoms with E-state index in [1.54, 1.807) is 31.2 Å². The van der Waals surface area contributed by atoms with Gasteiger partial charge in [0.05, 0.1) is 24.8 Å². The minimum absolute atomic E-state index is 0.00416. The molecule has 0 spiro atoms. The van der Waals surface area contributed by atoms with Crippen molar-refractivity contribution in [1.29, 1.82) is 0 Å². The fourth-order valence-corrected chi connectivity index (χ4v) is 6.16. The number of ether oxygens (including phenoxy) is 2. The molecule has 232 valence electrons. The average Bonchev–Trinajstić information content (AvgIpc) is 3.00. The lowest BCUT2D eigenvalue weighted by molar-refractivity contribution is -0.140. The molecule has 2 atom stereocenters. The zero-order valence-electron chi connectivity index (χ0n) is 24.8. The van der Waals surface area contributed by atoms with E-state index < -0.39 is 28.5 Å². The molecule has 1 N–H and O–H groups in total. The number of nitrogens with one attached hydrogen (secondary N) is 1. The molecular weight excluding hydrogens is 613 g/mol. The van der Waals surface area contributed by atoms with Gasteiger partial charge in [0, 0.05) is 28.7 Å². The van der Waals surface area contributed by atoms with Crippen molar-refractivity contribution in [3.05, 3.63) is 82.3 Å². The number of hydrogen-bond acceptors (Lipinski definition) is 6. The molecule has 43 heavy (non-hydrogen) atoms. The maximum absolute atomic E-state index is 14.2. The molecule has 0 unspecified atom stereocenters. The van der Waals surface area contributed by atoms with Crippen LogP contribution in [0.2, 0.25) is 10.0 Å². The normalized spacial score (nSPS) is 12.6. The molecule has 2 amide bonds. The number of rotatable bonds is 14. The zero-order chi connectivity index (χ0) is 31.7. The van der Waals surface area contributed by atoms with Gasteiger partial charge in [-0.05, 0) is 67.8 Å². The molecule has 0 radical (unpaired) electrons. The van der Waals surface area contributed by atoms with E-state index in [-0.39, 0.29) is 34.8 Å². The van der Waals surface area contributed by atoms with Gasteiger partial charge in [0.2, 0.25) is 11.8 Å². The Bertz CT molecular complexity index is 1520. The van der Waals surface area contributed by atoms with Gasteiger partial charge < -0.3 is 19.7 Å². The third-order valence-corrected chi connectivity index (χ3v) is 9.41. The number of sulfonamides is 1. The Balaban J connectivity index is 2.10. The Hall–Kier alpha value is -3.47. The van der Waals surface area contributed by atoms with Gasteiger partial charge in [-0.25, -0.2) is 8.42 Å². The first-order chi connectivity index (χ1) is 20.5. The van der Waals surface area contributed by atoms with Crippen LogP contribution < -0.4 is 19.1 Å². The van der Waals surface area contributed by atoms with Gasteiger partial charge in [-0.3, -0.25) is 13.9 Å². The van der Waals surface area contributed by atoms with E-state index in [2.05, 4.69) is 5.32 Å². The van der Waals surface area contributed by atoms with Crippen LogP contribution in [-0.4, -0.2) is 58.0 Å². The standard InChI is InChI=1S/C31H37Cl2N3O6S/c1-6-21(3)34-31(38)27(7-2)35(19-22-10-8-9-11-26(22)33)30(37)20-36(24-14-12-23(32)13-15-24)43(39,40)25-16-17-28(41-4)29(18-25)42-5/h8-18,21,27H,6-7,19-20H2,1-5H3,(H,34,38)/t21-,27-/m1/s1. The lowest BCUT2D eigenvalue weighted by Gasteiger charge is -2.34. The number of hydrogen-bond donors (Lipinski definition) is 1. The number of amides is 2. The Morgan fingerprint density at radius 3 is 2.14 bits per heavy atom. The zero-order valence-corrected chi connectivity index (χ0v) is 27.2. The van der Waals surface area contributed by atoms with Gasteiger partial charge in [0.1, 0.15) is 12.6 Å². The van der Waals surface area contributed by atoms with Gasteiger partial charge >= 0.3 is 0 Å². The minimum Gasteiger partial charge on any atom is -0.493 e. The van der Waals surface area contributed by atoms with Crippen molar-refractivity contribution in [3.63, 3.8) is 0 Å². The number of methoxy groups -OCH3 is 2. The summed E-state index contributed by atoms with van der Waals surface area (Å²) in [6.07, 6.45) is 0.996. The van der Waals surface area contributed by atoms with E-state index >= 15 is 0 Å². The summed E-state index contributed by atoms with van der Waals surface area (Å²) in [6, 6.07) is 16.3. The smallest absolute Gasteiger partial charge is 0.264 e. The molecule has 0 aliphatic heterocycles. The highest BCUT2D eigenvalue weighted by atomic mass is 35.5. The molecule has 0 heterocycles. The second-order valence-corrected chi connectivity index (χ2v) is 12.6. The molecular formula is C31H37Cl2N3O6S. The quantitative estimate of drug-likeness (QED) is 0.232.